The summed E-state index contributed by atoms with van der Waals surface area (Å²) in [7, 11) is 0. The van der Waals surface area contributed by atoms with Crippen LogP contribution in [-0.4, -0.2) is 15.0 Å². The van der Waals surface area contributed by atoms with Crippen LogP contribution in [0, 0.1) is 0 Å². The summed E-state index contributed by atoms with van der Waals surface area (Å²) in [5, 5.41) is 6.64. The maximum Gasteiger partial charge on any atom is 0.0894 e. The fourth-order valence-electron chi connectivity index (χ4n) is 4.46. The van der Waals surface area contributed by atoms with E-state index in [-0.39, 0.29) is 0 Å². The molecule has 0 atom stereocenters. The van der Waals surface area contributed by atoms with Crippen molar-refractivity contribution in [1.82, 2.24) is 15.0 Å². The lowest BCUT2D eigenvalue weighted by molar-refractivity contribution is 1.45. The molecular formula is C27H15N3. The van der Waals surface area contributed by atoms with E-state index in [9.17, 15) is 0 Å². The summed E-state index contributed by atoms with van der Waals surface area (Å²) < 4.78 is 0. The van der Waals surface area contributed by atoms with Gasteiger partial charge in [0.1, 0.15) is 0 Å². The van der Waals surface area contributed by atoms with Crippen molar-refractivity contribution in [2.24, 2.45) is 0 Å². The molecule has 0 spiro atoms. The molecule has 0 saturated carbocycles. The number of rotatable bonds is 0. The van der Waals surface area contributed by atoms with Crippen molar-refractivity contribution >= 4 is 65.4 Å². The van der Waals surface area contributed by atoms with Crippen LogP contribution in [0.1, 0.15) is 0 Å². The summed E-state index contributed by atoms with van der Waals surface area (Å²) >= 11 is 0. The molecule has 0 amide bonds. The molecule has 138 valence electrons. The fraction of sp³-hybridized carbons (Fsp3) is 0. The summed E-state index contributed by atoms with van der Waals surface area (Å²) in [5.41, 5.74) is 5.61. The van der Waals surface area contributed by atoms with E-state index in [4.69, 9.17) is 15.0 Å². The van der Waals surface area contributed by atoms with Crippen molar-refractivity contribution in [2.75, 3.05) is 0 Å². The highest BCUT2D eigenvalue weighted by molar-refractivity contribution is 6.18. The summed E-state index contributed by atoms with van der Waals surface area (Å²) in [6.07, 6.45) is 0. The predicted octanol–water partition coefficient (Wildman–Crippen LogP) is 6.79. The molecule has 3 heteroatoms. The molecule has 0 aliphatic carbocycles. The lowest BCUT2D eigenvalue weighted by Gasteiger charge is -2.07. The third-order valence-electron chi connectivity index (χ3n) is 5.97. The second-order valence-electron chi connectivity index (χ2n) is 7.75. The van der Waals surface area contributed by atoms with Gasteiger partial charge in [-0.3, -0.25) is 0 Å². The molecule has 7 aromatic rings. The summed E-state index contributed by atoms with van der Waals surface area (Å²) in [6, 6.07) is 31.6. The van der Waals surface area contributed by atoms with Gasteiger partial charge in [-0.1, -0.05) is 60.7 Å². The lowest BCUT2D eigenvalue weighted by Crippen LogP contribution is -1.88. The number of aromatic nitrogens is 3. The van der Waals surface area contributed by atoms with Crippen molar-refractivity contribution in [1.29, 1.82) is 0 Å². The van der Waals surface area contributed by atoms with Crippen LogP contribution < -0.4 is 0 Å². The van der Waals surface area contributed by atoms with Crippen molar-refractivity contribution in [3.8, 4) is 0 Å². The fourth-order valence-corrected chi connectivity index (χ4v) is 4.46. The summed E-state index contributed by atoms with van der Waals surface area (Å²) in [4.78, 5) is 15.1. The van der Waals surface area contributed by atoms with E-state index in [0.29, 0.717) is 0 Å². The van der Waals surface area contributed by atoms with Gasteiger partial charge in [0.2, 0.25) is 0 Å². The van der Waals surface area contributed by atoms with E-state index < -0.39 is 0 Å². The van der Waals surface area contributed by atoms with Crippen LogP contribution in [0.5, 0.6) is 0 Å². The Balaban J connectivity index is 1.89. The van der Waals surface area contributed by atoms with Gasteiger partial charge in [-0.05, 0) is 35.7 Å². The third kappa shape index (κ3) is 2.17. The van der Waals surface area contributed by atoms with Crippen LogP contribution in [0.3, 0.4) is 0 Å². The van der Waals surface area contributed by atoms with E-state index in [1.165, 1.54) is 0 Å². The molecule has 0 radical (unpaired) electrons. The minimum Gasteiger partial charge on any atom is -0.247 e. The quantitative estimate of drug-likeness (QED) is 0.271. The molecule has 8 bridgehead atoms. The molecule has 0 N–H and O–H groups in total. The Kier molecular flexibility index (Phi) is 3.00. The van der Waals surface area contributed by atoms with E-state index in [2.05, 4.69) is 78.9 Å². The Labute approximate surface area is 171 Å². The zero-order valence-corrected chi connectivity index (χ0v) is 16.0. The van der Waals surface area contributed by atoms with Gasteiger partial charge in [-0.15, -0.1) is 0 Å². The molecule has 0 saturated heterocycles. The van der Waals surface area contributed by atoms with Crippen molar-refractivity contribution in [3.63, 3.8) is 0 Å². The number of fused-ring (bicyclic) bond motifs is 9. The van der Waals surface area contributed by atoms with Crippen LogP contribution in [0.4, 0.5) is 0 Å². The first-order chi connectivity index (χ1) is 14.8. The second-order valence-corrected chi connectivity index (χ2v) is 7.75. The zero-order chi connectivity index (χ0) is 19.7. The monoisotopic (exact) mass is 381 g/mol. The van der Waals surface area contributed by atoms with E-state index in [1.54, 1.807) is 0 Å². The molecule has 3 nitrogen and oxygen atoms in total. The molecule has 0 aliphatic heterocycles. The Morgan fingerprint density at radius 3 is 1.63 bits per heavy atom. The van der Waals surface area contributed by atoms with Gasteiger partial charge in [0.05, 0.1) is 33.1 Å². The Bertz CT molecular complexity index is 1670. The molecule has 0 fully saturated rings. The third-order valence-corrected chi connectivity index (χ3v) is 5.97. The molecule has 30 heavy (non-hydrogen) atoms. The first-order valence-corrected chi connectivity index (χ1v) is 10.0. The van der Waals surface area contributed by atoms with Crippen molar-refractivity contribution in [2.45, 2.75) is 0 Å². The van der Waals surface area contributed by atoms with Crippen molar-refractivity contribution < 1.29 is 0 Å². The second kappa shape index (κ2) is 5.71. The van der Waals surface area contributed by atoms with Gasteiger partial charge in [0, 0.05) is 26.9 Å². The predicted molar refractivity (Wildman–Crippen MR) is 125 cm³/mol. The number of pyridine rings is 3. The highest BCUT2D eigenvalue weighted by Crippen LogP contribution is 2.32. The van der Waals surface area contributed by atoms with E-state index in [0.717, 1.165) is 65.4 Å². The van der Waals surface area contributed by atoms with E-state index >= 15 is 0 Å². The average molecular weight is 381 g/mol. The number of benzene rings is 3. The molecular weight excluding hydrogens is 366 g/mol. The average Bonchev–Trinajstić information content (AvgIpc) is 2.82. The molecule has 7 rings (SSSR count). The van der Waals surface area contributed by atoms with Gasteiger partial charge in [-0.2, -0.15) is 0 Å². The van der Waals surface area contributed by atoms with Gasteiger partial charge >= 0.3 is 0 Å². The van der Waals surface area contributed by atoms with Crippen molar-refractivity contribution in [3.05, 3.63) is 91.0 Å². The minimum absolute atomic E-state index is 0.875. The Hall–Kier alpha value is -4.11. The molecule has 4 aromatic heterocycles. The van der Waals surface area contributed by atoms with Gasteiger partial charge in [0.25, 0.3) is 0 Å². The minimum atomic E-state index is 0.875. The van der Waals surface area contributed by atoms with Crippen LogP contribution in [0.2, 0.25) is 0 Å². The van der Waals surface area contributed by atoms with Crippen LogP contribution in [0.25, 0.3) is 65.4 Å². The van der Waals surface area contributed by atoms with Crippen LogP contribution in [0.15, 0.2) is 91.0 Å². The molecule has 0 unspecified atom stereocenters. The Morgan fingerprint density at radius 2 is 0.867 bits per heavy atom. The number of nitrogens with zero attached hydrogens (tertiary/aromatic N) is 3. The van der Waals surface area contributed by atoms with Gasteiger partial charge in [-0.25, -0.2) is 15.0 Å². The number of hydrogen-bond acceptors (Lipinski definition) is 3. The molecule has 3 aromatic carbocycles. The normalized spacial score (nSPS) is 12.0. The highest BCUT2D eigenvalue weighted by atomic mass is 14.8. The maximum absolute atomic E-state index is 5.12. The highest BCUT2D eigenvalue weighted by Gasteiger charge is 2.09. The molecule has 4 heterocycles. The first-order valence-electron chi connectivity index (χ1n) is 10.0. The maximum atomic E-state index is 5.12. The topological polar surface area (TPSA) is 38.7 Å². The lowest BCUT2D eigenvalue weighted by atomic mass is 10.0. The number of hydrogen-bond donors (Lipinski definition) is 0. The zero-order valence-electron chi connectivity index (χ0n) is 16.0. The Morgan fingerprint density at radius 1 is 0.367 bits per heavy atom. The summed E-state index contributed by atoms with van der Waals surface area (Å²) in [6.45, 7) is 0. The van der Waals surface area contributed by atoms with Crippen LogP contribution in [-0.2, 0) is 0 Å². The standard InChI is InChI=1S/C27H15N3/c1-3-19-15-20(4-1)22-13-11-17-9-7-16-8-10-18-12-14-24(23-6-2-5-21(19)28-23)30-27(18)25(16)26(17)29-22/h1-15H. The smallest absolute Gasteiger partial charge is 0.0894 e. The first kappa shape index (κ1) is 15.8. The van der Waals surface area contributed by atoms with Crippen LogP contribution >= 0.6 is 0 Å². The van der Waals surface area contributed by atoms with E-state index in [1.807, 2.05) is 12.1 Å². The molecule has 0 aliphatic rings. The van der Waals surface area contributed by atoms with Gasteiger partial charge in [0.15, 0.2) is 0 Å². The SMILES string of the molecule is c1cc2cc(c1)c1ccc3ccc4ccc5ccc(nc5c4c3n1)c1cccc2n1. The van der Waals surface area contributed by atoms with Gasteiger partial charge < -0.3 is 0 Å². The largest absolute Gasteiger partial charge is 0.247 e. The summed E-state index contributed by atoms with van der Waals surface area (Å²) in [5.74, 6) is 0.